The maximum Gasteiger partial charge on any atom is 0.224 e. The van der Waals surface area contributed by atoms with Gasteiger partial charge in [0.25, 0.3) is 0 Å². The van der Waals surface area contributed by atoms with E-state index in [1.54, 1.807) is 6.20 Å². The number of nitrogens with zero attached hydrogens (tertiary/aromatic N) is 5. The van der Waals surface area contributed by atoms with Crippen LogP contribution in [0.1, 0.15) is 25.6 Å². The molecule has 6 nitrogen and oxygen atoms in total. The minimum Gasteiger partial charge on any atom is -0.337 e. The molecule has 0 bridgehead atoms. The van der Waals surface area contributed by atoms with E-state index in [9.17, 15) is 4.79 Å². The Kier molecular flexibility index (Phi) is 5.97. The number of likely N-dealkylation sites (tertiary alicyclic amines) is 1. The van der Waals surface area contributed by atoms with Gasteiger partial charge in [0, 0.05) is 51.5 Å². The number of carbonyl (C=O) groups is 1. The number of carbonyl (C=O) groups excluding carboxylic acids is 1. The zero-order valence-electron chi connectivity index (χ0n) is 14.3. The highest BCUT2D eigenvalue weighted by Crippen LogP contribution is 2.13. The molecule has 0 aromatic carbocycles. The van der Waals surface area contributed by atoms with Crippen LogP contribution in [0.15, 0.2) is 12.4 Å². The molecule has 1 fully saturated rings. The molecule has 1 atom stereocenters. The van der Waals surface area contributed by atoms with Gasteiger partial charge in [-0.1, -0.05) is 0 Å². The van der Waals surface area contributed by atoms with E-state index in [1.807, 2.05) is 29.6 Å². The van der Waals surface area contributed by atoms with Gasteiger partial charge >= 0.3 is 0 Å². The molecule has 124 valence electrons. The fourth-order valence-corrected chi connectivity index (χ4v) is 2.98. The number of hydrogen-bond acceptors (Lipinski definition) is 4. The van der Waals surface area contributed by atoms with Crippen molar-refractivity contribution in [3.63, 3.8) is 0 Å². The molecule has 2 rings (SSSR count). The molecule has 0 radical (unpaired) electrons. The quantitative estimate of drug-likeness (QED) is 0.747. The van der Waals surface area contributed by atoms with Gasteiger partial charge in [0.15, 0.2) is 0 Å². The number of aromatic nitrogens is 2. The number of amides is 1. The lowest BCUT2D eigenvalue weighted by molar-refractivity contribution is -0.132. The zero-order valence-corrected chi connectivity index (χ0v) is 14.3. The van der Waals surface area contributed by atoms with Crippen LogP contribution in [0.2, 0.25) is 0 Å². The molecular weight excluding hydrogens is 278 g/mol. The van der Waals surface area contributed by atoms with Crippen molar-refractivity contribution in [3.8, 4) is 0 Å². The Hall–Kier alpha value is -1.40. The third-order valence-corrected chi connectivity index (χ3v) is 4.66. The summed E-state index contributed by atoms with van der Waals surface area (Å²) in [6, 6.07) is 0.586. The van der Waals surface area contributed by atoms with Crippen LogP contribution in [-0.4, -0.2) is 76.5 Å². The van der Waals surface area contributed by atoms with Gasteiger partial charge in [-0.3, -0.25) is 4.79 Å². The topological polar surface area (TPSA) is 44.6 Å². The highest BCUT2D eigenvalue weighted by Gasteiger charge is 2.24. The lowest BCUT2D eigenvalue weighted by Crippen LogP contribution is -2.38. The van der Waals surface area contributed by atoms with Crippen molar-refractivity contribution in [1.82, 2.24) is 24.3 Å². The van der Waals surface area contributed by atoms with E-state index in [2.05, 4.69) is 28.9 Å². The molecule has 22 heavy (non-hydrogen) atoms. The third-order valence-electron chi connectivity index (χ3n) is 4.66. The van der Waals surface area contributed by atoms with E-state index >= 15 is 0 Å². The van der Waals surface area contributed by atoms with Crippen molar-refractivity contribution in [2.24, 2.45) is 7.05 Å². The van der Waals surface area contributed by atoms with E-state index in [1.165, 1.54) is 6.42 Å². The second-order valence-corrected chi connectivity index (χ2v) is 6.30. The summed E-state index contributed by atoms with van der Waals surface area (Å²) in [5.41, 5.74) is 0. The third kappa shape index (κ3) is 4.30. The standard InChI is InChI=1S/C16H29N5O/c1-5-21(13-15-17-8-11-20(15)4)16(22)7-10-19(3)14-6-9-18(2)12-14/h8,11,14H,5-7,9-10,12-13H2,1-4H3. The van der Waals surface area contributed by atoms with E-state index in [4.69, 9.17) is 0 Å². The monoisotopic (exact) mass is 307 g/mol. The lowest BCUT2D eigenvalue weighted by atomic mass is 10.2. The normalized spacial score (nSPS) is 19.0. The summed E-state index contributed by atoms with van der Waals surface area (Å²) >= 11 is 0. The highest BCUT2D eigenvalue weighted by molar-refractivity contribution is 5.76. The molecule has 0 saturated carbocycles. The molecule has 0 N–H and O–H groups in total. The van der Waals surface area contributed by atoms with Crippen molar-refractivity contribution in [1.29, 1.82) is 0 Å². The smallest absolute Gasteiger partial charge is 0.224 e. The molecular formula is C16H29N5O. The number of hydrogen-bond donors (Lipinski definition) is 0. The second-order valence-electron chi connectivity index (χ2n) is 6.30. The summed E-state index contributed by atoms with van der Waals surface area (Å²) < 4.78 is 1.97. The van der Waals surface area contributed by atoms with Crippen LogP contribution < -0.4 is 0 Å². The first-order valence-electron chi connectivity index (χ1n) is 8.14. The van der Waals surface area contributed by atoms with Crippen molar-refractivity contribution in [3.05, 3.63) is 18.2 Å². The van der Waals surface area contributed by atoms with Gasteiger partial charge in [-0.2, -0.15) is 0 Å². The maximum absolute atomic E-state index is 12.4. The van der Waals surface area contributed by atoms with Crippen LogP contribution in [0.25, 0.3) is 0 Å². The average molecular weight is 307 g/mol. The Morgan fingerprint density at radius 1 is 1.45 bits per heavy atom. The van der Waals surface area contributed by atoms with Crippen LogP contribution in [0.5, 0.6) is 0 Å². The molecule has 1 unspecified atom stereocenters. The number of aryl methyl sites for hydroxylation is 1. The van der Waals surface area contributed by atoms with Crippen molar-refractivity contribution in [2.45, 2.75) is 32.4 Å². The minimum atomic E-state index is 0.212. The molecule has 1 aliphatic heterocycles. The van der Waals surface area contributed by atoms with E-state index in [0.717, 1.165) is 32.0 Å². The largest absolute Gasteiger partial charge is 0.337 e. The van der Waals surface area contributed by atoms with Gasteiger partial charge in [0.1, 0.15) is 5.82 Å². The molecule has 1 aromatic rings. The van der Waals surface area contributed by atoms with E-state index < -0.39 is 0 Å². The summed E-state index contributed by atoms with van der Waals surface area (Å²) in [6.07, 6.45) is 5.47. The molecule has 0 aliphatic carbocycles. The molecule has 0 spiro atoms. The number of rotatable bonds is 7. The average Bonchev–Trinajstić information content (AvgIpc) is 3.10. The SMILES string of the molecule is CCN(Cc1nccn1C)C(=O)CCN(C)C1CCN(C)C1. The van der Waals surface area contributed by atoms with Gasteiger partial charge < -0.3 is 19.3 Å². The molecule has 1 aromatic heterocycles. The molecule has 1 aliphatic rings. The van der Waals surface area contributed by atoms with Crippen LogP contribution in [-0.2, 0) is 18.4 Å². The fraction of sp³-hybridized carbons (Fsp3) is 0.750. The van der Waals surface area contributed by atoms with Gasteiger partial charge in [0.05, 0.1) is 6.54 Å². The van der Waals surface area contributed by atoms with Crippen LogP contribution in [0, 0.1) is 0 Å². The Balaban J connectivity index is 1.80. The molecule has 1 saturated heterocycles. The first-order chi connectivity index (χ1) is 10.5. The fourth-order valence-electron chi connectivity index (χ4n) is 2.98. The van der Waals surface area contributed by atoms with Crippen molar-refractivity contribution >= 4 is 5.91 Å². The Morgan fingerprint density at radius 2 is 2.23 bits per heavy atom. The van der Waals surface area contributed by atoms with Gasteiger partial charge in [-0.25, -0.2) is 4.98 Å². The Bertz CT molecular complexity index is 487. The van der Waals surface area contributed by atoms with E-state index in [-0.39, 0.29) is 5.91 Å². The lowest BCUT2D eigenvalue weighted by Gasteiger charge is -2.26. The summed E-state index contributed by atoms with van der Waals surface area (Å²) in [4.78, 5) is 23.3. The van der Waals surface area contributed by atoms with Gasteiger partial charge in [0.2, 0.25) is 5.91 Å². The second kappa shape index (κ2) is 7.74. The van der Waals surface area contributed by atoms with Gasteiger partial charge in [-0.05, 0) is 34.0 Å². The van der Waals surface area contributed by atoms with E-state index in [0.29, 0.717) is 19.0 Å². The first kappa shape index (κ1) is 17.0. The Labute approximate surface area is 133 Å². The summed E-state index contributed by atoms with van der Waals surface area (Å²) in [5, 5.41) is 0. The number of imidazole rings is 1. The predicted octanol–water partition coefficient (Wildman–Crippen LogP) is 0.795. The maximum atomic E-state index is 12.4. The molecule has 1 amide bonds. The summed E-state index contributed by atoms with van der Waals surface area (Å²) in [6.45, 7) is 6.43. The summed E-state index contributed by atoms with van der Waals surface area (Å²) in [5.74, 6) is 1.14. The molecule has 2 heterocycles. The molecule has 6 heteroatoms. The zero-order chi connectivity index (χ0) is 16.1. The first-order valence-corrected chi connectivity index (χ1v) is 8.14. The minimum absolute atomic E-state index is 0.212. The Morgan fingerprint density at radius 3 is 2.77 bits per heavy atom. The van der Waals surface area contributed by atoms with Crippen molar-refractivity contribution < 1.29 is 4.79 Å². The summed E-state index contributed by atoms with van der Waals surface area (Å²) in [7, 11) is 6.25. The predicted molar refractivity (Wildman–Crippen MR) is 87.4 cm³/mol. The van der Waals surface area contributed by atoms with Crippen LogP contribution in [0.3, 0.4) is 0 Å². The number of likely N-dealkylation sites (N-methyl/N-ethyl adjacent to an activating group) is 2. The highest BCUT2D eigenvalue weighted by atomic mass is 16.2. The van der Waals surface area contributed by atoms with Crippen molar-refractivity contribution in [2.75, 3.05) is 40.3 Å². The van der Waals surface area contributed by atoms with Crippen LogP contribution >= 0.6 is 0 Å². The van der Waals surface area contributed by atoms with Crippen LogP contribution in [0.4, 0.5) is 0 Å². The van der Waals surface area contributed by atoms with Gasteiger partial charge in [-0.15, -0.1) is 0 Å².